The molecule has 0 unspecified atom stereocenters. The van der Waals surface area contributed by atoms with E-state index in [9.17, 15) is 14.4 Å². The van der Waals surface area contributed by atoms with Gasteiger partial charge in [-0.15, -0.1) is 11.3 Å². The zero-order valence-electron chi connectivity index (χ0n) is 18.2. The van der Waals surface area contributed by atoms with Crippen LogP contribution in [0.1, 0.15) is 27.7 Å². The molecule has 0 fully saturated rings. The number of amides is 2. The van der Waals surface area contributed by atoms with Crippen molar-refractivity contribution >= 4 is 34.8 Å². The smallest absolute Gasteiger partial charge is 0.350 e. The van der Waals surface area contributed by atoms with Crippen LogP contribution in [0.15, 0.2) is 60.7 Å². The Kier molecular flexibility index (Phi) is 6.86. The Bertz CT molecular complexity index is 1180. The van der Waals surface area contributed by atoms with Gasteiger partial charge >= 0.3 is 5.97 Å². The first-order valence-corrected chi connectivity index (χ1v) is 11.5. The molecule has 170 valence electrons. The number of nitrogens with zero attached hydrogens (tertiary/aromatic N) is 1. The molecule has 2 amide bonds. The van der Waals surface area contributed by atoms with E-state index in [2.05, 4.69) is 5.32 Å². The van der Waals surface area contributed by atoms with Crippen LogP contribution in [0.5, 0.6) is 0 Å². The predicted molar refractivity (Wildman–Crippen MR) is 128 cm³/mol. The number of rotatable bonds is 7. The molecule has 1 atom stereocenters. The van der Waals surface area contributed by atoms with Crippen molar-refractivity contribution in [2.24, 2.45) is 5.73 Å². The van der Waals surface area contributed by atoms with Crippen molar-refractivity contribution in [2.75, 3.05) is 18.5 Å². The molecule has 0 spiro atoms. The highest BCUT2D eigenvalue weighted by Crippen LogP contribution is 2.35. The molecular formula is C25H25N3O4S. The topological polar surface area (TPSA) is 102 Å². The SMILES string of the molecule is CCOC(=O)c1sc(-c2ccccc2)cc1NC(=O)CN1Cc2ccccc2C[C@H]1C(N)=O. The lowest BCUT2D eigenvalue weighted by molar-refractivity contribution is -0.125. The number of hydrogen-bond donors (Lipinski definition) is 2. The fourth-order valence-electron chi connectivity index (χ4n) is 3.97. The Morgan fingerprint density at radius 3 is 2.48 bits per heavy atom. The number of carbonyl (C=O) groups excluding carboxylic acids is 3. The summed E-state index contributed by atoms with van der Waals surface area (Å²) in [4.78, 5) is 40.5. The molecule has 2 heterocycles. The van der Waals surface area contributed by atoms with E-state index in [-0.39, 0.29) is 19.1 Å². The lowest BCUT2D eigenvalue weighted by Crippen LogP contribution is -2.50. The van der Waals surface area contributed by atoms with Crippen LogP contribution in [0, 0.1) is 0 Å². The number of nitrogens with one attached hydrogen (secondary N) is 1. The van der Waals surface area contributed by atoms with Gasteiger partial charge in [-0.05, 0) is 36.1 Å². The molecule has 1 aromatic heterocycles. The highest BCUT2D eigenvalue weighted by molar-refractivity contribution is 7.18. The fraction of sp³-hybridized carbons (Fsp3) is 0.240. The molecule has 0 bridgehead atoms. The van der Waals surface area contributed by atoms with Gasteiger partial charge in [0.25, 0.3) is 0 Å². The summed E-state index contributed by atoms with van der Waals surface area (Å²) in [6.07, 6.45) is 0.462. The van der Waals surface area contributed by atoms with Crippen LogP contribution < -0.4 is 11.1 Å². The Balaban J connectivity index is 1.55. The molecule has 4 rings (SSSR count). The maximum Gasteiger partial charge on any atom is 0.350 e. The zero-order chi connectivity index (χ0) is 23.4. The molecule has 33 heavy (non-hydrogen) atoms. The van der Waals surface area contributed by atoms with Gasteiger partial charge in [-0.3, -0.25) is 14.5 Å². The van der Waals surface area contributed by atoms with Gasteiger partial charge in [0.15, 0.2) is 0 Å². The van der Waals surface area contributed by atoms with E-state index in [1.54, 1.807) is 17.9 Å². The first-order valence-electron chi connectivity index (χ1n) is 10.7. The maximum atomic E-state index is 13.0. The van der Waals surface area contributed by atoms with Crippen LogP contribution in [0.3, 0.4) is 0 Å². The third kappa shape index (κ3) is 5.13. The van der Waals surface area contributed by atoms with Gasteiger partial charge in [-0.1, -0.05) is 54.6 Å². The van der Waals surface area contributed by atoms with Crippen molar-refractivity contribution in [1.82, 2.24) is 4.90 Å². The standard InChI is InChI=1S/C25H25N3O4S/c1-2-32-25(31)23-19(13-21(33-23)16-8-4-3-5-9-16)27-22(29)15-28-14-18-11-7-6-10-17(18)12-20(28)24(26)30/h3-11,13,20H,2,12,14-15H2,1H3,(H2,26,30)(H,27,29)/t20-/m0/s1. The lowest BCUT2D eigenvalue weighted by atomic mass is 9.93. The van der Waals surface area contributed by atoms with Crippen molar-refractivity contribution in [2.45, 2.75) is 25.9 Å². The minimum absolute atomic E-state index is 0.0271. The minimum Gasteiger partial charge on any atom is -0.462 e. The third-order valence-electron chi connectivity index (χ3n) is 5.55. The summed E-state index contributed by atoms with van der Waals surface area (Å²) in [5, 5.41) is 2.85. The van der Waals surface area contributed by atoms with Crippen LogP contribution >= 0.6 is 11.3 Å². The van der Waals surface area contributed by atoms with Gasteiger partial charge in [0.1, 0.15) is 4.88 Å². The molecule has 3 N–H and O–H groups in total. The summed E-state index contributed by atoms with van der Waals surface area (Å²) in [7, 11) is 0. The normalized spacial score (nSPS) is 15.5. The highest BCUT2D eigenvalue weighted by Gasteiger charge is 2.31. The van der Waals surface area contributed by atoms with E-state index in [4.69, 9.17) is 10.5 Å². The number of nitrogens with two attached hydrogens (primary N) is 1. The molecule has 8 heteroatoms. The number of carbonyl (C=O) groups is 3. The molecule has 3 aromatic rings. The molecule has 1 aliphatic rings. The third-order valence-corrected chi connectivity index (χ3v) is 6.71. The Morgan fingerprint density at radius 1 is 1.09 bits per heavy atom. The Labute approximate surface area is 196 Å². The summed E-state index contributed by atoms with van der Waals surface area (Å²) in [5.41, 5.74) is 9.10. The van der Waals surface area contributed by atoms with Gasteiger partial charge in [-0.25, -0.2) is 4.79 Å². The van der Waals surface area contributed by atoms with Crippen molar-refractivity contribution in [1.29, 1.82) is 0 Å². The van der Waals surface area contributed by atoms with Crippen LogP contribution in [-0.2, 0) is 27.3 Å². The Morgan fingerprint density at radius 2 is 1.79 bits per heavy atom. The molecule has 7 nitrogen and oxygen atoms in total. The van der Waals surface area contributed by atoms with Crippen molar-refractivity contribution in [3.63, 3.8) is 0 Å². The largest absolute Gasteiger partial charge is 0.462 e. The minimum atomic E-state index is -0.572. The molecule has 0 saturated heterocycles. The van der Waals surface area contributed by atoms with Gasteiger partial charge in [0.2, 0.25) is 11.8 Å². The number of anilines is 1. The molecule has 0 radical (unpaired) electrons. The van der Waals surface area contributed by atoms with E-state index < -0.39 is 17.9 Å². The zero-order valence-corrected chi connectivity index (χ0v) is 19.1. The number of hydrogen-bond acceptors (Lipinski definition) is 6. The van der Waals surface area contributed by atoms with Gasteiger partial charge in [0, 0.05) is 11.4 Å². The first-order chi connectivity index (χ1) is 16.0. The predicted octanol–water partition coefficient (Wildman–Crippen LogP) is 3.44. The average Bonchev–Trinajstić information content (AvgIpc) is 3.23. The summed E-state index contributed by atoms with van der Waals surface area (Å²) in [6, 6.07) is 18.7. The number of ether oxygens (including phenoxy) is 1. The summed E-state index contributed by atoms with van der Waals surface area (Å²) < 4.78 is 5.19. The summed E-state index contributed by atoms with van der Waals surface area (Å²) in [6.45, 7) is 2.39. The number of primary amides is 1. The molecular weight excluding hydrogens is 438 g/mol. The number of fused-ring (bicyclic) bond motifs is 1. The second-order valence-electron chi connectivity index (χ2n) is 7.78. The van der Waals surface area contributed by atoms with E-state index in [1.807, 2.05) is 54.6 Å². The van der Waals surface area contributed by atoms with Gasteiger partial charge < -0.3 is 15.8 Å². The van der Waals surface area contributed by atoms with Crippen LogP contribution in [0.25, 0.3) is 10.4 Å². The van der Waals surface area contributed by atoms with Crippen molar-refractivity contribution in [3.8, 4) is 10.4 Å². The van der Waals surface area contributed by atoms with Crippen molar-refractivity contribution in [3.05, 3.63) is 76.7 Å². The second-order valence-corrected chi connectivity index (χ2v) is 8.84. The van der Waals surface area contributed by atoms with E-state index in [1.165, 1.54) is 11.3 Å². The first kappa shape index (κ1) is 22.7. The van der Waals surface area contributed by atoms with E-state index >= 15 is 0 Å². The van der Waals surface area contributed by atoms with E-state index in [0.29, 0.717) is 23.5 Å². The molecule has 1 aliphatic heterocycles. The van der Waals surface area contributed by atoms with Crippen LogP contribution in [-0.4, -0.2) is 41.9 Å². The quantitative estimate of drug-likeness (QED) is 0.523. The average molecular weight is 464 g/mol. The summed E-state index contributed by atoms with van der Waals surface area (Å²) >= 11 is 1.27. The molecule has 2 aromatic carbocycles. The number of esters is 1. The number of thiophene rings is 1. The van der Waals surface area contributed by atoms with E-state index in [0.717, 1.165) is 21.6 Å². The van der Waals surface area contributed by atoms with Crippen LogP contribution in [0.2, 0.25) is 0 Å². The number of benzene rings is 2. The van der Waals surface area contributed by atoms with Gasteiger partial charge in [-0.2, -0.15) is 0 Å². The maximum absolute atomic E-state index is 13.0. The van der Waals surface area contributed by atoms with Crippen molar-refractivity contribution < 1.29 is 19.1 Å². The summed E-state index contributed by atoms with van der Waals surface area (Å²) in [5.74, 6) is -1.28. The monoisotopic (exact) mass is 463 g/mol. The lowest BCUT2D eigenvalue weighted by Gasteiger charge is -2.34. The second kappa shape index (κ2) is 9.97. The van der Waals surface area contributed by atoms with Gasteiger partial charge in [0.05, 0.1) is 24.9 Å². The fourth-order valence-corrected chi connectivity index (χ4v) is 4.99. The highest BCUT2D eigenvalue weighted by atomic mass is 32.1. The Hall–Kier alpha value is -3.49. The van der Waals surface area contributed by atoms with Crippen LogP contribution in [0.4, 0.5) is 5.69 Å². The molecule has 0 aliphatic carbocycles. The molecule has 0 saturated carbocycles.